The molecule has 11 nitrogen and oxygen atoms in total. The lowest BCUT2D eigenvalue weighted by Crippen LogP contribution is -2.46. The van der Waals surface area contributed by atoms with Crippen molar-refractivity contribution >= 4 is 33.7 Å². The maximum Gasteiger partial charge on any atom is 0.263 e. The van der Waals surface area contributed by atoms with Crippen LogP contribution in [0.25, 0.3) is 0 Å². The molecule has 0 spiro atoms. The van der Waals surface area contributed by atoms with E-state index in [1.54, 1.807) is 53.4 Å². The quantitative estimate of drug-likeness (QED) is 0.344. The highest BCUT2D eigenvalue weighted by Crippen LogP contribution is 2.24. The Hall–Kier alpha value is -3.64. The van der Waals surface area contributed by atoms with Crippen LogP contribution in [-0.2, 0) is 24.3 Å². The smallest absolute Gasteiger partial charge is 0.263 e. The molecule has 1 aliphatic rings. The fourth-order valence-electron chi connectivity index (χ4n) is 3.63. The van der Waals surface area contributed by atoms with Crippen LogP contribution in [0.2, 0.25) is 0 Å². The van der Waals surface area contributed by atoms with Crippen LogP contribution in [0, 0.1) is 0 Å². The van der Waals surface area contributed by atoms with E-state index in [1.807, 2.05) is 6.92 Å². The second-order valence-corrected chi connectivity index (χ2v) is 10.1. The zero-order valence-corrected chi connectivity index (χ0v) is 21.9. The fourth-order valence-corrected chi connectivity index (χ4v) is 4.80. The van der Waals surface area contributed by atoms with Crippen molar-refractivity contribution in [3.05, 3.63) is 54.1 Å². The summed E-state index contributed by atoms with van der Waals surface area (Å²) in [6.45, 7) is 5.93. The van der Waals surface area contributed by atoms with Crippen LogP contribution >= 0.6 is 0 Å². The van der Waals surface area contributed by atoms with Crippen LogP contribution in [0.5, 0.6) is 11.5 Å². The van der Waals surface area contributed by atoms with Crippen LogP contribution in [0.1, 0.15) is 19.4 Å². The van der Waals surface area contributed by atoms with Gasteiger partial charge in [0.15, 0.2) is 6.61 Å². The predicted octanol–water partition coefficient (Wildman–Crippen LogP) is 1.63. The van der Waals surface area contributed by atoms with Crippen molar-refractivity contribution < 1.29 is 32.2 Å². The van der Waals surface area contributed by atoms with E-state index in [2.05, 4.69) is 10.5 Å². The van der Waals surface area contributed by atoms with Crippen molar-refractivity contribution in [2.24, 2.45) is 5.10 Å². The Balaban J connectivity index is 1.55. The molecule has 0 saturated carbocycles. The van der Waals surface area contributed by atoms with E-state index in [0.717, 1.165) is 10.6 Å². The molecule has 0 unspecified atom stereocenters. The lowest BCUT2D eigenvalue weighted by Gasteiger charge is -2.27. The van der Waals surface area contributed by atoms with E-state index in [-0.39, 0.29) is 12.5 Å². The molecule has 3 rings (SSSR count). The minimum absolute atomic E-state index is 0.0629. The molecule has 200 valence electrons. The van der Waals surface area contributed by atoms with E-state index in [9.17, 15) is 18.0 Å². The molecule has 1 atom stereocenters. The number of anilines is 1. The van der Waals surface area contributed by atoms with Crippen LogP contribution in [0.15, 0.2) is 53.6 Å². The number of carbonyl (C=O) groups excluding carboxylic acids is 2. The number of rotatable bonds is 11. The summed E-state index contributed by atoms with van der Waals surface area (Å²) < 4.78 is 42.1. The molecular weight excluding hydrogens is 500 g/mol. The van der Waals surface area contributed by atoms with Crippen LogP contribution in [0.4, 0.5) is 5.69 Å². The third kappa shape index (κ3) is 8.19. The van der Waals surface area contributed by atoms with Gasteiger partial charge in [0.05, 0.1) is 38.0 Å². The number of hydrazone groups is 1. The Morgan fingerprint density at radius 3 is 2.27 bits per heavy atom. The normalized spacial score (nSPS) is 14.7. The van der Waals surface area contributed by atoms with Crippen LogP contribution in [0.3, 0.4) is 0 Å². The Morgan fingerprint density at radius 2 is 1.68 bits per heavy atom. The van der Waals surface area contributed by atoms with Gasteiger partial charge in [-0.1, -0.05) is 0 Å². The molecule has 2 amide bonds. The summed E-state index contributed by atoms with van der Waals surface area (Å²) >= 11 is 0. The van der Waals surface area contributed by atoms with E-state index in [0.29, 0.717) is 55.7 Å². The molecule has 0 radical (unpaired) electrons. The van der Waals surface area contributed by atoms with E-state index in [1.165, 1.54) is 13.1 Å². The molecule has 0 aliphatic carbocycles. The first kappa shape index (κ1) is 27.9. The monoisotopic (exact) mass is 532 g/mol. The molecule has 37 heavy (non-hydrogen) atoms. The largest absolute Gasteiger partial charge is 0.494 e. The molecule has 1 fully saturated rings. The van der Waals surface area contributed by atoms with E-state index >= 15 is 0 Å². The van der Waals surface area contributed by atoms with Crippen LogP contribution in [-0.4, -0.2) is 83.2 Å². The number of hydrogen-bond donors (Lipinski definition) is 1. The molecule has 1 N–H and O–H groups in total. The summed E-state index contributed by atoms with van der Waals surface area (Å²) in [7, 11) is -3.76. The molecule has 2 aromatic rings. The van der Waals surface area contributed by atoms with Gasteiger partial charge in [-0.3, -0.25) is 13.9 Å². The molecule has 2 aromatic carbocycles. The summed E-state index contributed by atoms with van der Waals surface area (Å²) in [5, 5.41) is 3.94. The van der Waals surface area contributed by atoms with Crippen LogP contribution < -0.4 is 19.2 Å². The van der Waals surface area contributed by atoms with Gasteiger partial charge < -0.3 is 19.1 Å². The molecule has 1 aliphatic heterocycles. The molecular formula is C25H32N4O7S. The fraction of sp³-hybridized carbons (Fsp3) is 0.400. The van der Waals surface area contributed by atoms with E-state index < -0.39 is 22.0 Å². The lowest BCUT2D eigenvalue weighted by atomic mass is 10.2. The van der Waals surface area contributed by atoms with Crippen molar-refractivity contribution in [3.8, 4) is 11.5 Å². The summed E-state index contributed by atoms with van der Waals surface area (Å²) in [5.74, 6) is 0.424. The highest BCUT2D eigenvalue weighted by molar-refractivity contribution is 7.92. The summed E-state index contributed by atoms with van der Waals surface area (Å²) in [6, 6.07) is 12.2. The molecule has 1 heterocycles. The third-order valence-electron chi connectivity index (χ3n) is 5.49. The van der Waals surface area contributed by atoms with Gasteiger partial charge in [0, 0.05) is 13.1 Å². The standard InChI is InChI=1S/C25H32N4O7S/c1-4-35-22-11-7-21(8-12-22)29(37(3,32)33)19(2)25(31)27-26-17-20-5-9-23(10-6-20)36-18-24(30)28-13-15-34-16-14-28/h5-12,17,19H,4,13-16,18H2,1-3H3,(H,27,31)/b26-17-/t19-/m1/s1. The average Bonchev–Trinajstić information content (AvgIpc) is 2.89. The van der Waals surface area contributed by atoms with Gasteiger partial charge in [-0.05, 0) is 67.9 Å². The Kier molecular flexibility index (Phi) is 9.86. The average molecular weight is 533 g/mol. The number of amides is 2. The minimum atomic E-state index is -3.76. The summed E-state index contributed by atoms with van der Waals surface area (Å²) in [4.78, 5) is 26.6. The number of benzene rings is 2. The van der Waals surface area contributed by atoms with Gasteiger partial charge in [-0.25, -0.2) is 13.8 Å². The van der Waals surface area contributed by atoms with E-state index in [4.69, 9.17) is 14.2 Å². The molecule has 0 aromatic heterocycles. The lowest BCUT2D eigenvalue weighted by molar-refractivity contribution is -0.137. The first-order valence-electron chi connectivity index (χ1n) is 11.8. The van der Waals surface area contributed by atoms with Gasteiger partial charge in [0.25, 0.3) is 11.8 Å². The second kappa shape index (κ2) is 13.1. The molecule has 1 saturated heterocycles. The second-order valence-electron chi connectivity index (χ2n) is 8.25. The van der Waals surface area contributed by atoms with Gasteiger partial charge in [0.2, 0.25) is 10.0 Å². The van der Waals surface area contributed by atoms with Crippen molar-refractivity contribution in [1.29, 1.82) is 0 Å². The number of nitrogens with zero attached hydrogens (tertiary/aromatic N) is 3. The highest BCUT2D eigenvalue weighted by atomic mass is 32.2. The van der Waals surface area contributed by atoms with Crippen molar-refractivity contribution in [1.82, 2.24) is 10.3 Å². The molecule has 0 bridgehead atoms. The minimum Gasteiger partial charge on any atom is -0.494 e. The summed E-state index contributed by atoms with van der Waals surface area (Å²) in [6.07, 6.45) is 2.46. The maximum absolute atomic E-state index is 12.7. The van der Waals surface area contributed by atoms with Gasteiger partial charge in [-0.15, -0.1) is 0 Å². The Labute approximate surface area is 217 Å². The predicted molar refractivity (Wildman–Crippen MR) is 139 cm³/mol. The first-order chi connectivity index (χ1) is 17.7. The number of morpholine rings is 1. The highest BCUT2D eigenvalue weighted by Gasteiger charge is 2.29. The number of hydrogen-bond acceptors (Lipinski definition) is 8. The Morgan fingerprint density at radius 1 is 1.08 bits per heavy atom. The summed E-state index contributed by atoms with van der Waals surface area (Å²) in [5.41, 5.74) is 3.39. The molecule has 12 heteroatoms. The SMILES string of the molecule is CCOc1ccc(N([C@H](C)C(=O)N/N=C\c2ccc(OCC(=O)N3CCOCC3)cc2)S(C)(=O)=O)cc1. The maximum atomic E-state index is 12.7. The third-order valence-corrected chi connectivity index (χ3v) is 6.73. The topological polar surface area (TPSA) is 127 Å². The number of sulfonamides is 1. The van der Waals surface area contributed by atoms with Crippen molar-refractivity contribution in [2.75, 3.05) is 50.1 Å². The van der Waals surface area contributed by atoms with Crippen molar-refractivity contribution in [3.63, 3.8) is 0 Å². The Bertz CT molecular complexity index is 1180. The number of nitrogens with one attached hydrogen (secondary N) is 1. The number of carbonyl (C=O) groups is 2. The zero-order valence-electron chi connectivity index (χ0n) is 21.1. The van der Waals surface area contributed by atoms with Gasteiger partial charge >= 0.3 is 0 Å². The van der Waals surface area contributed by atoms with Crippen molar-refractivity contribution in [2.45, 2.75) is 19.9 Å². The first-order valence-corrected chi connectivity index (χ1v) is 13.7. The van der Waals surface area contributed by atoms with Gasteiger partial charge in [0.1, 0.15) is 17.5 Å². The number of ether oxygens (including phenoxy) is 3. The van der Waals surface area contributed by atoms with Gasteiger partial charge in [-0.2, -0.15) is 5.10 Å². The zero-order chi connectivity index (χ0) is 26.8.